The summed E-state index contributed by atoms with van der Waals surface area (Å²) in [6.07, 6.45) is 3.57. The van der Waals surface area contributed by atoms with E-state index in [9.17, 15) is 0 Å². The zero-order valence-corrected chi connectivity index (χ0v) is 17.4. The third kappa shape index (κ3) is 4.15. The predicted molar refractivity (Wildman–Crippen MR) is 111 cm³/mol. The Morgan fingerprint density at radius 1 is 1.28 bits per heavy atom. The minimum atomic E-state index is 0.0370. The molecule has 1 N–H and O–H groups in total. The van der Waals surface area contributed by atoms with E-state index in [0.717, 1.165) is 23.2 Å². The van der Waals surface area contributed by atoms with Gasteiger partial charge in [-0.05, 0) is 65.5 Å². The van der Waals surface area contributed by atoms with Crippen molar-refractivity contribution in [2.75, 3.05) is 18.6 Å². The average molecular weight is 421 g/mol. The second-order valence-corrected chi connectivity index (χ2v) is 8.45. The van der Waals surface area contributed by atoms with Gasteiger partial charge >= 0.3 is 0 Å². The number of halogens is 1. The Hall–Kier alpha value is -1.17. The molecule has 0 saturated heterocycles. The van der Waals surface area contributed by atoms with Gasteiger partial charge in [-0.2, -0.15) is 0 Å². The number of rotatable bonds is 5. The summed E-state index contributed by atoms with van der Waals surface area (Å²) in [5.41, 5.74) is 2.46. The van der Waals surface area contributed by atoms with E-state index in [0.29, 0.717) is 0 Å². The van der Waals surface area contributed by atoms with Gasteiger partial charge in [-0.15, -0.1) is 0 Å². The van der Waals surface area contributed by atoms with Crippen LogP contribution in [-0.4, -0.2) is 19.2 Å². The highest BCUT2D eigenvalue weighted by Crippen LogP contribution is 2.44. The summed E-state index contributed by atoms with van der Waals surface area (Å²) >= 11 is 5.36. The van der Waals surface area contributed by atoms with Crippen LogP contribution in [-0.2, 0) is 0 Å². The molecular weight excluding hydrogens is 396 g/mol. The van der Waals surface area contributed by atoms with E-state index in [1.165, 1.54) is 29.1 Å². The van der Waals surface area contributed by atoms with Gasteiger partial charge in [0.25, 0.3) is 0 Å². The number of nitrogens with one attached hydrogen (secondary N) is 1. The topological polar surface area (TPSA) is 24.5 Å². The number of benzene rings is 2. The minimum absolute atomic E-state index is 0.0370. The number of hydrogen-bond acceptors (Lipinski definition) is 4. The van der Waals surface area contributed by atoms with Crippen molar-refractivity contribution in [3.8, 4) is 5.75 Å². The monoisotopic (exact) mass is 420 g/mol. The Balaban J connectivity index is 2.06. The van der Waals surface area contributed by atoms with Crippen molar-refractivity contribution in [3.05, 3.63) is 46.9 Å². The van der Waals surface area contributed by atoms with Crippen LogP contribution in [0.2, 0.25) is 0 Å². The predicted octanol–water partition coefficient (Wildman–Crippen LogP) is 6.16. The largest absolute Gasteiger partial charge is 0.496 e. The lowest BCUT2D eigenvalue weighted by atomic mass is 9.95. The number of hydrogen-bond donors (Lipinski definition) is 1. The summed E-state index contributed by atoms with van der Waals surface area (Å²) in [6, 6.07) is 14.9. The van der Waals surface area contributed by atoms with Gasteiger partial charge in [0.2, 0.25) is 0 Å². The average Bonchev–Trinajstić information content (AvgIpc) is 2.77. The molecule has 0 bridgehead atoms. The molecule has 0 aliphatic carbocycles. The maximum atomic E-state index is 5.50. The van der Waals surface area contributed by atoms with Gasteiger partial charge in [0.05, 0.1) is 22.2 Å². The number of para-hydroxylation sites is 1. The number of anilines is 2. The molecule has 3 rings (SSSR count). The van der Waals surface area contributed by atoms with Crippen LogP contribution in [0.1, 0.15) is 33.1 Å². The first-order valence-corrected chi connectivity index (χ1v) is 10.3. The lowest BCUT2D eigenvalue weighted by molar-refractivity contribution is 0.398. The van der Waals surface area contributed by atoms with Gasteiger partial charge < -0.3 is 9.64 Å². The lowest BCUT2D eigenvalue weighted by Crippen LogP contribution is -2.46. The summed E-state index contributed by atoms with van der Waals surface area (Å²) in [7, 11) is 1.71. The quantitative estimate of drug-likeness (QED) is 0.585. The fourth-order valence-electron chi connectivity index (χ4n) is 3.15. The van der Waals surface area contributed by atoms with E-state index in [1.807, 2.05) is 0 Å². The molecular formula is C20H25BrN2OS. The molecule has 2 aromatic rings. The molecule has 0 saturated carbocycles. The van der Waals surface area contributed by atoms with E-state index >= 15 is 0 Å². The molecule has 3 nitrogen and oxygen atoms in total. The molecule has 1 heterocycles. The molecule has 1 atom stereocenters. The molecule has 0 aromatic heterocycles. The van der Waals surface area contributed by atoms with Gasteiger partial charge in [-0.1, -0.05) is 38.0 Å². The molecule has 1 aliphatic rings. The van der Waals surface area contributed by atoms with Gasteiger partial charge in [-0.3, -0.25) is 4.72 Å². The van der Waals surface area contributed by atoms with E-state index < -0.39 is 0 Å². The first-order chi connectivity index (χ1) is 12.1. The Morgan fingerprint density at radius 3 is 2.72 bits per heavy atom. The van der Waals surface area contributed by atoms with Crippen molar-refractivity contribution in [1.82, 2.24) is 4.72 Å². The molecule has 1 aliphatic heterocycles. The van der Waals surface area contributed by atoms with Crippen LogP contribution in [0.15, 0.2) is 51.8 Å². The summed E-state index contributed by atoms with van der Waals surface area (Å²) in [6.45, 7) is 5.50. The van der Waals surface area contributed by atoms with Crippen LogP contribution < -0.4 is 14.4 Å². The van der Waals surface area contributed by atoms with Gasteiger partial charge in [0, 0.05) is 17.8 Å². The number of nitrogens with zero attached hydrogens (tertiary/aromatic N) is 1. The van der Waals surface area contributed by atoms with Crippen molar-refractivity contribution >= 4 is 39.3 Å². The highest BCUT2D eigenvalue weighted by Gasteiger charge is 2.32. The van der Waals surface area contributed by atoms with Crippen LogP contribution >= 0.6 is 27.9 Å². The number of fused-ring (bicyclic) bond motifs is 1. The SMILES string of the molecule is CCCCC1(C)CN(c2ccccc2)c2cc(Br)c(OC)cc2SN1. The highest BCUT2D eigenvalue weighted by molar-refractivity contribution is 9.10. The van der Waals surface area contributed by atoms with Gasteiger partial charge in [0.1, 0.15) is 5.75 Å². The van der Waals surface area contributed by atoms with Crippen LogP contribution in [0, 0.1) is 0 Å². The maximum Gasteiger partial charge on any atom is 0.134 e. The Morgan fingerprint density at radius 2 is 2.04 bits per heavy atom. The molecule has 0 fully saturated rings. The lowest BCUT2D eigenvalue weighted by Gasteiger charge is -2.34. The normalized spacial score (nSPS) is 20.1. The molecule has 5 heteroatoms. The summed E-state index contributed by atoms with van der Waals surface area (Å²) in [4.78, 5) is 3.60. The molecule has 25 heavy (non-hydrogen) atoms. The van der Waals surface area contributed by atoms with Crippen LogP contribution in [0.4, 0.5) is 11.4 Å². The molecule has 0 radical (unpaired) electrons. The zero-order chi connectivity index (χ0) is 17.9. The first-order valence-electron chi connectivity index (χ1n) is 8.70. The van der Waals surface area contributed by atoms with Crippen molar-refractivity contribution in [3.63, 3.8) is 0 Å². The summed E-state index contributed by atoms with van der Waals surface area (Å²) in [5, 5.41) is 0. The van der Waals surface area contributed by atoms with E-state index in [1.54, 1.807) is 19.1 Å². The van der Waals surface area contributed by atoms with Gasteiger partial charge in [0.15, 0.2) is 0 Å². The third-order valence-corrected chi connectivity index (χ3v) is 6.35. The highest BCUT2D eigenvalue weighted by atomic mass is 79.9. The fourth-order valence-corrected chi connectivity index (χ4v) is 4.61. The smallest absolute Gasteiger partial charge is 0.134 e. The summed E-state index contributed by atoms with van der Waals surface area (Å²) in [5.74, 6) is 0.859. The Bertz CT molecular complexity index is 725. The van der Waals surface area contributed by atoms with Gasteiger partial charge in [-0.25, -0.2) is 0 Å². The zero-order valence-electron chi connectivity index (χ0n) is 15.0. The van der Waals surface area contributed by atoms with Crippen LogP contribution in [0.3, 0.4) is 0 Å². The van der Waals surface area contributed by atoms with Crippen LogP contribution in [0.5, 0.6) is 5.75 Å². The fraction of sp³-hybridized carbons (Fsp3) is 0.400. The molecule has 0 amide bonds. The second-order valence-electron chi connectivity index (χ2n) is 6.74. The first kappa shape index (κ1) is 18.6. The minimum Gasteiger partial charge on any atom is -0.496 e. The van der Waals surface area contributed by atoms with E-state index in [4.69, 9.17) is 4.74 Å². The molecule has 2 aromatic carbocycles. The van der Waals surface area contributed by atoms with Crippen molar-refractivity contribution in [2.24, 2.45) is 0 Å². The summed E-state index contributed by atoms with van der Waals surface area (Å²) < 4.78 is 10.2. The van der Waals surface area contributed by atoms with Crippen LogP contribution in [0.25, 0.3) is 0 Å². The van der Waals surface area contributed by atoms with Crippen molar-refractivity contribution in [2.45, 2.75) is 43.5 Å². The van der Waals surface area contributed by atoms with E-state index in [-0.39, 0.29) is 5.54 Å². The Kier molecular flexibility index (Phi) is 5.97. The third-order valence-electron chi connectivity index (χ3n) is 4.59. The van der Waals surface area contributed by atoms with Crippen molar-refractivity contribution < 1.29 is 4.74 Å². The van der Waals surface area contributed by atoms with E-state index in [2.05, 4.69) is 81.9 Å². The number of methoxy groups -OCH3 is 1. The Labute approximate surface area is 163 Å². The molecule has 1 unspecified atom stereocenters. The number of ether oxygens (including phenoxy) is 1. The number of unbranched alkanes of at least 4 members (excludes halogenated alkanes) is 1. The maximum absolute atomic E-state index is 5.50. The standard InChI is InChI=1S/C20H25BrN2OS/c1-4-5-11-20(2)14-23(15-9-7-6-8-10-15)17-12-16(21)18(24-3)13-19(17)25-22-20/h6-10,12-13,22H,4-5,11,14H2,1-3H3. The second kappa shape index (κ2) is 8.02. The van der Waals surface area contributed by atoms with Crippen molar-refractivity contribution in [1.29, 1.82) is 0 Å². The molecule has 134 valence electrons. The molecule has 0 spiro atoms.